The number of piperidine rings is 1. The zero-order valence-corrected chi connectivity index (χ0v) is 17.1. The van der Waals surface area contributed by atoms with Gasteiger partial charge in [-0.3, -0.25) is 4.90 Å². The maximum atomic E-state index is 12.8. The molecule has 2 aromatic carbocycles. The van der Waals surface area contributed by atoms with Crippen molar-refractivity contribution in [3.05, 3.63) is 47.5 Å². The number of carbonyl (C=O) groups excluding carboxylic acids is 1. The summed E-state index contributed by atoms with van der Waals surface area (Å²) in [5.41, 5.74) is 0.588. The van der Waals surface area contributed by atoms with Gasteiger partial charge >= 0.3 is 6.09 Å². The van der Waals surface area contributed by atoms with Gasteiger partial charge in [0.1, 0.15) is 5.60 Å². The lowest BCUT2D eigenvalue weighted by molar-refractivity contribution is -0.140. The highest BCUT2D eigenvalue weighted by atomic mass is 16.6. The number of nitrogens with zero attached hydrogens (tertiary/aromatic N) is 1. The van der Waals surface area contributed by atoms with Crippen molar-refractivity contribution in [1.29, 1.82) is 0 Å². The van der Waals surface area contributed by atoms with Crippen LogP contribution in [-0.2, 0) is 15.1 Å². The molecular formula is C23H29NO4. The van der Waals surface area contributed by atoms with Gasteiger partial charge in [-0.05, 0) is 49.6 Å². The highest BCUT2D eigenvalue weighted by Gasteiger charge is 2.50. The summed E-state index contributed by atoms with van der Waals surface area (Å²) >= 11 is 0. The van der Waals surface area contributed by atoms with Crippen molar-refractivity contribution in [2.45, 2.75) is 63.8 Å². The van der Waals surface area contributed by atoms with Gasteiger partial charge in [0.2, 0.25) is 0 Å². The number of hydrogen-bond donors (Lipinski definition) is 1. The van der Waals surface area contributed by atoms with Crippen molar-refractivity contribution in [2.24, 2.45) is 0 Å². The molecule has 2 fully saturated rings. The second kappa shape index (κ2) is 6.75. The van der Waals surface area contributed by atoms with Gasteiger partial charge in [-0.15, -0.1) is 0 Å². The van der Waals surface area contributed by atoms with Crippen LogP contribution in [0.2, 0.25) is 0 Å². The summed E-state index contributed by atoms with van der Waals surface area (Å²) < 4.78 is 11.3. The number of benzene rings is 2. The molecule has 2 heterocycles. The quantitative estimate of drug-likeness (QED) is 0.804. The molecule has 0 aromatic heterocycles. The third-order valence-corrected chi connectivity index (χ3v) is 5.80. The van der Waals surface area contributed by atoms with Gasteiger partial charge in [-0.2, -0.15) is 0 Å². The molecule has 2 atom stereocenters. The molecule has 28 heavy (non-hydrogen) atoms. The average Bonchev–Trinajstić information content (AvgIpc) is 2.59. The van der Waals surface area contributed by atoms with E-state index in [2.05, 4.69) is 25.1 Å². The summed E-state index contributed by atoms with van der Waals surface area (Å²) in [5.74, 6) is 0. The van der Waals surface area contributed by atoms with E-state index >= 15 is 0 Å². The Hall–Kier alpha value is -2.11. The fraction of sp³-hybridized carbons (Fsp3) is 0.522. The van der Waals surface area contributed by atoms with Gasteiger partial charge in [0, 0.05) is 12.8 Å². The van der Waals surface area contributed by atoms with Crippen LogP contribution in [0, 0.1) is 6.92 Å². The van der Waals surface area contributed by atoms with Crippen LogP contribution in [-0.4, -0.2) is 47.0 Å². The monoisotopic (exact) mass is 383 g/mol. The van der Waals surface area contributed by atoms with Crippen LogP contribution >= 0.6 is 0 Å². The number of fused-ring (bicyclic) bond motifs is 3. The predicted octanol–water partition coefficient (Wildman–Crippen LogP) is 4.13. The minimum atomic E-state index is -0.995. The van der Waals surface area contributed by atoms with Crippen LogP contribution in [0.25, 0.3) is 10.8 Å². The summed E-state index contributed by atoms with van der Waals surface area (Å²) in [7, 11) is 0. The number of ether oxygens (including phenoxy) is 2. The van der Waals surface area contributed by atoms with Crippen molar-refractivity contribution in [2.75, 3.05) is 13.2 Å². The zero-order valence-electron chi connectivity index (χ0n) is 17.1. The van der Waals surface area contributed by atoms with E-state index in [-0.39, 0.29) is 18.2 Å². The Labute approximate surface area is 166 Å². The second-order valence-electron chi connectivity index (χ2n) is 9.15. The standard InChI is InChI=1S/C23H29NO4/c1-15-9-10-20(19-8-6-5-7-18(15)19)23(26)11-16-13-27-14-17(12-23)24(16)21(25)28-22(2,3)4/h5-10,16-17,26H,11-14H2,1-4H3. The van der Waals surface area contributed by atoms with E-state index < -0.39 is 11.2 Å². The zero-order chi connectivity index (χ0) is 20.1. The average molecular weight is 383 g/mol. The molecule has 1 amide bonds. The molecule has 0 radical (unpaired) electrons. The van der Waals surface area contributed by atoms with Crippen molar-refractivity contribution in [1.82, 2.24) is 4.90 Å². The maximum absolute atomic E-state index is 12.8. The topological polar surface area (TPSA) is 59.0 Å². The van der Waals surface area contributed by atoms with Gasteiger partial charge in [0.05, 0.1) is 30.9 Å². The normalized spacial score (nSPS) is 27.7. The molecule has 2 bridgehead atoms. The molecule has 1 N–H and O–H groups in total. The van der Waals surface area contributed by atoms with E-state index in [9.17, 15) is 9.90 Å². The summed E-state index contributed by atoms with van der Waals surface area (Å²) in [5, 5.41) is 14.0. The maximum Gasteiger partial charge on any atom is 0.410 e. The van der Waals surface area contributed by atoms with E-state index in [4.69, 9.17) is 9.47 Å². The van der Waals surface area contributed by atoms with Crippen molar-refractivity contribution < 1.29 is 19.4 Å². The first-order chi connectivity index (χ1) is 13.2. The summed E-state index contributed by atoms with van der Waals surface area (Å²) in [6.07, 6.45) is 0.563. The summed E-state index contributed by atoms with van der Waals surface area (Å²) in [4.78, 5) is 14.6. The van der Waals surface area contributed by atoms with Crippen LogP contribution in [0.3, 0.4) is 0 Å². The third-order valence-electron chi connectivity index (χ3n) is 5.80. The smallest absolute Gasteiger partial charge is 0.410 e. The molecule has 2 aromatic rings. The predicted molar refractivity (Wildman–Crippen MR) is 108 cm³/mol. The number of aliphatic hydroxyl groups is 1. The fourth-order valence-electron chi connectivity index (χ4n) is 4.66. The molecule has 2 saturated heterocycles. The lowest BCUT2D eigenvalue weighted by Gasteiger charge is -2.51. The number of hydrogen-bond acceptors (Lipinski definition) is 4. The fourth-order valence-corrected chi connectivity index (χ4v) is 4.66. The highest BCUT2D eigenvalue weighted by Crippen LogP contribution is 2.44. The Kier molecular flexibility index (Phi) is 4.63. The van der Waals surface area contributed by atoms with Crippen LogP contribution < -0.4 is 0 Å². The number of carbonyl (C=O) groups is 1. The van der Waals surface area contributed by atoms with Crippen LogP contribution in [0.5, 0.6) is 0 Å². The van der Waals surface area contributed by atoms with E-state index in [0.717, 1.165) is 16.3 Å². The second-order valence-corrected chi connectivity index (χ2v) is 9.15. The molecule has 0 saturated carbocycles. The number of aryl methyl sites for hydroxylation is 1. The largest absolute Gasteiger partial charge is 0.444 e. The van der Waals surface area contributed by atoms with Crippen molar-refractivity contribution in [3.8, 4) is 0 Å². The van der Waals surface area contributed by atoms with Crippen LogP contribution in [0.15, 0.2) is 36.4 Å². The molecule has 5 nitrogen and oxygen atoms in total. The Balaban J connectivity index is 1.69. The number of morpholine rings is 1. The van der Waals surface area contributed by atoms with Gasteiger partial charge in [-0.1, -0.05) is 36.4 Å². The molecule has 150 valence electrons. The van der Waals surface area contributed by atoms with Gasteiger partial charge in [0.25, 0.3) is 0 Å². The molecular weight excluding hydrogens is 354 g/mol. The Bertz CT molecular complexity index is 887. The summed E-state index contributed by atoms with van der Waals surface area (Å²) in [6, 6.07) is 11.9. The lowest BCUT2D eigenvalue weighted by Crippen LogP contribution is -2.63. The SMILES string of the molecule is Cc1ccc(C2(O)CC3COCC(C2)N3C(=O)OC(C)(C)C)c2ccccc12. The highest BCUT2D eigenvalue weighted by molar-refractivity contribution is 5.89. The molecule has 2 aliphatic rings. The first-order valence-corrected chi connectivity index (χ1v) is 9.98. The third kappa shape index (κ3) is 3.38. The van der Waals surface area contributed by atoms with E-state index in [0.29, 0.717) is 26.1 Å². The Morgan fingerprint density at radius 3 is 2.32 bits per heavy atom. The Morgan fingerprint density at radius 2 is 1.71 bits per heavy atom. The van der Waals surface area contributed by atoms with E-state index in [1.807, 2.05) is 39.0 Å². The minimum absolute atomic E-state index is 0.201. The van der Waals surface area contributed by atoms with Crippen LogP contribution in [0.4, 0.5) is 4.79 Å². The molecule has 4 rings (SSSR count). The van der Waals surface area contributed by atoms with Gasteiger partial charge in [-0.25, -0.2) is 4.79 Å². The summed E-state index contributed by atoms with van der Waals surface area (Å²) in [6.45, 7) is 8.54. The van der Waals surface area contributed by atoms with Crippen molar-refractivity contribution >= 4 is 16.9 Å². The molecule has 0 aliphatic carbocycles. The van der Waals surface area contributed by atoms with Gasteiger partial charge in [0.15, 0.2) is 0 Å². The van der Waals surface area contributed by atoms with Gasteiger partial charge < -0.3 is 14.6 Å². The minimum Gasteiger partial charge on any atom is -0.444 e. The lowest BCUT2D eigenvalue weighted by atomic mass is 9.75. The first-order valence-electron chi connectivity index (χ1n) is 9.98. The number of amides is 1. The van der Waals surface area contributed by atoms with E-state index in [1.165, 1.54) is 5.56 Å². The molecule has 2 unspecified atom stereocenters. The van der Waals surface area contributed by atoms with Crippen LogP contribution in [0.1, 0.15) is 44.7 Å². The molecule has 2 aliphatic heterocycles. The van der Waals surface area contributed by atoms with Crippen molar-refractivity contribution in [3.63, 3.8) is 0 Å². The molecule has 5 heteroatoms. The molecule has 0 spiro atoms. The number of rotatable bonds is 1. The first kappa shape index (κ1) is 19.2. The van der Waals surface area contributed by atoms with E-state index in [1.54, 1.807) is 4.90 Å². The Morgan fingerprint density at radius 1 is 1.11 bits per heavy atom.